The molecule has 1 aliphatic heterocycles. The number of nitrogens with one attached hydrogen (secondary N) is 1. The zero-order chi connectivity index (χ0) is 16.1. The minimum Gasteiger partial charge on any atom is -0.373 e. The van der Waals surface area contributed by atoms with E-state index < -0.39 is 5.91 Å². The molecule has 1 aromatic carbocycles. The maximum Gasteiger partial charge on any atom is 0.267 e. The van der Waals surface area contributed by atoms with Gasteiger partial charge < -0.3 is 10.2 Å². The first-order valence-corrected chi connectivity index (χ1v) is 7.91. The Labute approximate surface area is 140 Å². The average molecular weight is 338 g/mol. The molecule has 1 saturated heterocycles. The average Bonchev–Trinajstić information content (AvgIpc) is 2.50. The van der Waals surface area contributed by atoms with Crippen LogP contribution in [0.5, 0.6) is 0 Å². The molecule has 116 valence electrons. The van der Waals surface area contributed by atoms with Crippen LogP contribution in [0.25, 0.3) is 0 Å². The molecule has 22 heavy (non-hydrogen) atoms. The molecular formula is C16H17Cl2N3O. The monoisotopic (exact) mass is 337 g/mol. The number of amides is 1. The second kappa shape index (κ2) is 7.53. The number of rotatable bonds is 3. The smallest absolute Gasteiger partial charge is 0.267 e. The van der Waals surface area contributed by atoms with Crippen LogP contribution >= 0.6 is 23.2 Å². The van der Waals surface area contributed by atoms with Gasteiger partial charge in [-0.25, -0.2) is 0 Å². The lowest BCUT2D eigenvalue weighted by Crippen LogP contribution is -2.34. The Balaban J connectivity index is 2.11. The molecule has 2 rings (SSSR count). The topological polar surface area (TPSA) is 56.1 Å². The Morgan fingerprint density at radius 3 is 2.82 bits per heavy atom. The normalized spacial score (nSPS) is 18.7. The molecule has 0 radical (unpaired) electrons. The molecule has 1 aromatic rings. The van der Waals surface area contributed by atoms with Gasteiger partial charge in [-0.1, -0.05) is 23.2 Å². The van der Waals surface area contributed by atoms with E-state index in [1.54, 1.807) is 24.4 Å². The molecule has 0 aromatic heterocycles. The Kier molecular flexibility index (Phi) is 5.70. The predicted octanol–water partition coefficient (Wildman–Crippen LogP) is 4.21. The van der Waals surface area contributed by atoms with Gasteiger partial charge in [-0.15, -0.1) is 0 Å². The first-order chi connectivity index (χ1) is 10.5. The number of carbonyl (C=O) groups is 1. The highest BCUT2D eigenvalue weighted by Crippen LogP contribution is 2.25. The molecule has 1 unspecified atom stereocenters. The van der Waals surface area contributed by atoms with Gasteiger partial charge in [0.25, 0.3) is 5.91 Å². The van der Waals surface area contributed by atoms with Gasteiger partial charge in [0.05, 0.1) is 10.0 Å². The van der Waals surface area contributed by atoms with Gasteiger partial charge in [-0.3, -0.25) is 4.79 Å². The van der Waals surface area contributed by atoms with Crippen molar-refractivity contribution in [3.63, 3.8) is 0 Å². The number of nitriles is 1. The number of likely N-dealkylation sites (tertiary alicyclic amines) is 1. The van der Waals surface area contributed by atoms with Crippen molar-refractivity contribution < 1.29 is 4.79 Å². The predicted molar refractivity (Wildman–Crippen MR) is 88.8 cm³/mol. The molecule has 1 heterocycles. The molecule has 0 spiro atoms. The van der Waals surface area contributed by atoms with E-state index in [0.717, 1.165) is 19.4 Å². The molecule has 1 N–H and O–H groups in total. The molecule has 0 bridgehead atoms. The van der Waals surface area contributed by atoms with Gasteiger partial charge in [0.1, 0.15) is 11.6 Å². The summed E-state index contributed by atoms with van der Waals surface area (Å²) in [7, 11) is 0. The van der Waals surface area contributed by atoms with E-state index in [2.05, 4.69) is 17.1 Å². The Bertz CT molecular complexity index is 637. The van der Waals surface area contributed by atoms with Crippen LogP contribution < -0.4 is 5.32 Å². The van der Waals surface area contributed by atoms with Gasteiger partial charge in [-0.05, 0) is 44.4 Å². The molecule has 1 amide bonds. The highest BCUT2D eigenvalue weighted by atomic mass is 35.5. The number of anilines is 1. The molecule has 0 aliphatic carbocycles. The maximum atomic E-state index is 12.2. The second-order valence-corrected chi connectivity index (χ2v) is 6.13. The van der Waals surface area contributed by atoms with Crippen LogP contribution in [0.15, 0.2) is 30.0 Å². The Morgan fingerprint density at radius 2 is 2.18 bits per heavy atom. The van der Waals surface area contributed by atoms with E-state index in [1.165, 1.54) is 6.42 Å². The van der Waals surface area contributed by atoms with E-state index in [4.69, 9.17) is 23.2 Å². The Hall–Kier alpha value is -1.70. The summed E-state index contributed by atoms with van der Waals surface area (Å²) in [5.74, 6) is -0.446. The molecule has 1 aliphatic rings. The van der Waals surface area contributed by atoms with Crippen LogP contribution in [-0.4, -0.2) is 23.4 Å². The maximum absolute atomic E-state index is 12.2. The number of hydrogen-bond acceptors (Lipinski definition) is 3. The number of benzene rings is 1. The summed E-state index contributed by atoms with van der Waals surface area (Å²) < 4.78 is 0. The first kappa shape index (κ1) is 16.7. The molecule has 4 nitrogen and oxygen atoms in total. The van der Waals surface area contributed by atoms with Gasteiger partial charge in [0, 0.05) is 24.5 Å². The van der Waals surface area contributed by atoms with Gasteiger partial charge in [0.2, 0.25) is 0 Å². The van der Waals surface area contributed by atoms with Crippen LogP contribution in [0.3, 0.4) is 0 Å². The van der Waals surface area contributed by atoms with Crippen molar-refractivity contribution in [3.05, 3.63) is 40.0 Å². The summed E-state index contributed by atoms with van der Waals surface area (Å²) >= 11 is 11.8. The third kappa shape index (κ3) is 4.16. The highest BCUT2D eigenvalue weighted by Gasteiger charge is 2.18. The van der Waals surface area contributed by atoms with Crippen molar-refractivity contribution in [2.45, 2.75) is 32.2 Å². The highest BCUT2D eigenvalue weighted by molar-refractivity contribution is 6.42. The number of nitrogens with zero attached hydrogens (tertiary/aromatic N) is 2. The summed E-state index contributed by atoms with van der Waals surface area (Å²) in [6.45, 7) is 2.97. The molecule has 6 heteroatoms. The van der Waals surface area contributed by atoms with E-state index >= 15 is 0 Å². The minimum atomic E-state index is -0.446. The van der Waals surface area contributed by atoms with Crippen molar-refractivity contribution >= 4 is 34.8 Å². The van der Waals surface area contributed by atoms with Crippen molar-refractivity contribution in [1.29, 1.82) is 5.26 Å². The van der Waals surface area contributed by atoms with Crippen LogP contribution in [0.4, 0.5) is 5.69 Å². The SMILES string of the molecule is CC1CCCCN1/C=C(/C#N)C(=O)Nc1ccc(Cl)c(Cl)c1. The number of carbonyl (C=O) groups excluding carboxylic acids is 1. The molecule has 1 atom stereocenters. The van der Waals surface area contributed by atoms with Gasteiger partial charge in [0.15, 0.2) is 0 Å². The summed E-state index contributed by atoms with van der Waals surface area (Å²) in [6, 6.07) is 7.11. The summed E-state index contributed by atoms with van der Waals surface area (Å²) in [5, 5.41) is 12.7. The number of piperidine rings is 1. The van der Waals surface area contributed by atoms with Crippen LogP contribution in [-0.2, 0) is 4.79 Å². The third-order valence-electron chi connectivity index (χ3n) is 3.69. The lowest BCUT2D eigenvalue weighted by Gasteiger charge is -2.32. The van der Waals surface area contributed by atoms with Crippen molar-refractivity contribution in [2.75, 3.05) is 11.9 Å². The Morgan fingerprint density at radius 1 is 1.41 bits per heavy atom. The minimum absolute atomic E-state index is 0.0832. The number of hydrogen-bond donors (Lipinski definition) is 1. The molecule has 0 saturated carbocycles. The fraction of sp³-hybridized carbons (Fsp3) is 0.375. The fourth-order valence-corrected chi connectivity index (χ4v) is 2.69. The standard InChI is InChI=1S/C16H17Cl2N3O/c1-11-4-2-3-7-21(11)10-12(9-19)16(22)20-13-5-6-14(17)15(18)8-13/h5-6,8,10-11H,2-4,7H2,1H3,(H,20,22)/b12-10-. The van der Waals surface area contributed by atoms with Crippen molar-refractivity contribution in [2.24, 2.45) is 0 Å². The summed E-state index contributed by atoms with van der Waals surface area (Å²) in [5.41, 5.74) is 0.590. The number of halogens is 2. The molecular weight excluding hydrogens is 321 g/mol. The van der Waals surface area contributed by atoms with Crippen molar-refractivity contribution in [3.8, 4) is 6.07 Å². The van der Waals surface area contributed by atoms with E-state index in [-0.39, 0.29) is 5.57 Å². The zero-order valence-electron chi connectivity index (χ0n) is 12.3. The van der Waals surface area contributed by atoms with E-state index in [1.807, 2.05) is 6.07 Å². The molecule has 1 fully saturated rings. The van der Waals surface area contributed by atoms with Crippen LogP contribution in [0, 0.1) is 11.3 Å². The van der Waals surface area contributed by atoms with Gasteiger partial charge in [-0.2, -0.15) is 5.26 Å². The first-order valence-electron chi connectivity index (χ1n) is 7.15. The van der Waals surface area contributed by atoms with Gasteiger partial charge >= 0.3 is 0 Å². The lowest BCUT2D eigenvalue weighted by molar-refractivity contribution is -0.112. The van der Waals surface area contributed by atoms with E-state index in [9.17, 15) is 10.1 Å². The second-order valence-electron chi connectivity index (χ2n) is 5.32. The summed E-state index contributed by atoms with van der Waals surface area (Å²) in [6.07, 6.45) is 4.98. The van der Waals surface area contributed by atoms with Crippen LogP contribution in [0.1, 0.15) is 26.2 Å². The van der Waals surface area contributed by atoms with E-state index in [0.29, 0.717) is 21.8 Å². The fourth-order valence-electron chi connectivity index (χ4n) is 2.39. The zero-order valence-corrected chi connectivity index (χ0v) is 13.8. The largest absolute Gasteiger partial charge is 0.373 e. The third-order valence-corrected chi connectivity index (χ3v) is 4.43. The van der Waals surface area contributed by atoms with Crippen molar-refractivity contribution in [1.82, 2.24) is 4.90 Å². The lowest BCUT2D eigenvalue weighted by atomic mass is 10.0. The summed E-state index contributed by atoms with van der Waals surface area (Å²) in [4.78, 5) is 14.3. The quantitative estimate of drug-likeness (QED) is 0.663. The van der Waals surface area contributed by atoms with Crippen LogP contribution in [0.2, 0.25) is 10.0 Å².